The van der Waals surface area contributed by atoms with E-state index in [2.05, 4.69) is 15.3 Å². The molecule has 0 radical (unpaired) electrons. The van der Waals surface area contributed by atoms with Gasteiger partial charge in [-0.3, -0.25) is 0 Å². The van der Waals surface area contributed by atoms with Gasteiger partial charge < -0.3 is 10.3 Å². The Bertz CT molecular complexity index is 398. The number of hydrogen-bond acceptors (Lipinski definition) is 2. The van der Waals surface area contributed by atoms with Crippen LogP contribution < -0.4 is 5.32 Å². The first-order valence-electron chi connectivity index (χ1n) is 4.32. The Labute approximate surface area is 87.1 Å². The maximum absolute atomic E-state index is 5.85. The molecule has 0 fully saturated rings. The van der Waals surface area contributed by atoms with Gasteiger partial charge >= 0.3 is 0 Å². The summed E-state index contributed by atoms with van der Waals surface area (Å²) in [5.74, 6) is 0.768. The molecule has 0 aliphatic rings. The molecule has 2 rings (SSSR count). The van der Waals surface area contributed by atoms with Gasteiger partial charge in [0.2, 0.25) is 0 Å². The Hall–Kier alpha value is -1.48. The molecule has 0 unspecified atom stereocenters. The van der Waals surface area contributed by atoms with Crippen LogP contribution in [-0.2, 0) is 6.54 Å². The van der Waals surface area contributed by atoms with Crippen LogP contribution in [0.15, 0.2) is 36.7 Å². The van der Waals surface area contributed by atoms with Gasteiger partial charge in [-0.05, 0) is 17.7 Å². The highest BCUT2D eigenvalue weighted by Gasteiger charge is 1.95. The lowest BCUT2D eigenvalue weighted by Crippen LogP contribution is -2.00. The number of nitrogens with one attached hydrogen (secondary N) is 2. The van der Waals surface area contributed by atoms with E-state index in [1.165, 1.54) is 0 Å². The van der Waals surface area contributed by atoms with Gasteiger partial charge in [0.05, 0.1) is 0 Å². The number of hydrogen-bond donors (Lipinski definition) is 2. The maximum Gasteiger partial charge on any atom is 0.200 e. The molecule has 0 saturated heterocycles. The van der Waals surface area contributed by atoms with E-state index in [0.29, 0.717) is 6.54 Å². The molecule has 4 heteroatoms. The van der Waals surface area contributed by atoms with Crippen molar-refractivity contribution >= 4 is 17.5 Å². The summed E-state index contributed by atoms with van der Waals surface area (Å²) >= 11 is 5.85. The summed E-state index contributed by atoms with van der Waals surface area (Å²) in [6.45, 7) is 0.716. The topological polar surface area (TPSA) is 40.7 Å². The Morgan fingerprint density at radius 1 is 1.43 bits per heavy atom. The van der Waals surface area contributed by atoms with E-state index in [1.807, 2.05) is 24.3 Å². The predicted molar refractivity (Wildman–Crippen MR) is 57.4 cm³/mol. The van der Waals surface area contributed by atoms with Gasteiger partial charge in [-0.15, -0.1) is 0 Å². The molecule has 0 aliphatic heterocycles. The van der Waals surface area contributed by atoms with E-state index in [0.717, 1.165) is 16.5 Å². The fraction of sp³-hybridized carbons (Fsp3) is 0.100. The molecule has 1 heterocycles. The number of aromatic nitrogens is 2. The zero-order chi connectivity index (χ0) is 9.80. The first kappa shape index (κ1) is 9.09. The zero-order valence-corrected chi connectivity index (χ0v) is 8.25. The minimum atomic E-state index is 0.716. The largest absolute Gasteiger partial charge is 0.352 e. The van der Waals surface area contributed by atoms with Crippen LogP contribution in [0.2, 0.25) is 5.02 Å². The fourth-order valence-corrected chi connectivity index (χ4v) is 1.41. The molecule has 0 amide bonds. The van der Waals surface area contributed by atoms with Crippen molar-refractivity contribution in [2.45, 2.75) is 6.54 Å². The fourth-order valence-electron chi connectivity index (χ4n) is 1.19. The van der Waals surface area contributed by atoms with Crippen molar-refractivity contribution in [3.8, 4) is 0 Å². The zero-order valence-electron chi connectivity index (χ0n) is 7.50. The van der Waals surface area contributed by atoms with E-state index in [-0.39, 0.29) is 0 Å². The van der Waals surface area contributed by atoms with E-state index < -0.39 is 0 Å². The lowest BCUT2D eigenvalue weighted by molar-refractivity contribution is 1.09. The normalized spacial score (nSPS) is 10.1. The third-order valence-electron chi connectivity index (χ3n) is 1.85. The van der Waals surface area contributed by atoms with Crippen molar-refractivity contribution in [1.29, 1.82) is 0 Å². The van der Waals surface area contributed by atoms with Crippen molar-refractivity contribution in [2.24, 2.45) is 0 Å². The van der Waals surface area contributed by atoms with Crippen LogP contribution in [-0.4, -0.2) is 9.97 Å². The highest BCUT2D eigenvalue weighted by Crippen LogP contribution is 2.11. The molecule has 1 aromatic heterocycles. The van der Waals surface area contributed by atoms with E-state index in [1.54, 1.807) is 12.4 Å². The third kappa shape index (κ3) is 2.26. The van der Waals surface area contributed by atoms with E-state index in [4.69, 9.17) is 11.6 Å². The van der Waals surface area contributed by atoms with Crippen LogP contribution in [0.3, 0.4) is 0 Å². The monoisotopic (exact) mass is 207 g/mol. The molecule has 0 aliphatic carbocycles. The average molecular weight is 208 g/mol. The second kappa shape index (κ2) is 4.15. The Morgan fingerprint density at radius 2 is 2.36 bits per heavy atom. The molecule has 3 nitrogen and oxygen atoms in total. The van der Waals surface area contributed by atoms with Gasteiger partial charge in [-0.25, -0.2) is 4.98 Å². The van der Waals surface area contributed by atoms with Gasteiger partial charge in [-0.2, -0.15) is 0 Å². The summed E-state index contributed by atoms with van der Waals surface area (Å²) in [6.07, 6.45) is 3.49. The SMILES string of the molecule is Clc1cccc(CNc2ncc[nH]2)c1. The number of benzene rings is 1. The molecule has 0 spiro atoms. The summed E-state index contributed by atoms with van der Waals surface area (Å²) in [5.41, 5.74) is 1.13. The van der Waals surface area contributed by atoms with Crippen molar-refractivity contribution in [3.05, 3.63) is 47.2 Å². The lowest BCUT2D eigenvalue weighted by atomic mass is 10.2. The standard InChI is InChI=1S/C10H10ClN3/c11-9-3-1-2-8(6-9)7-14-10-12-4-5-13-10/h1-6H,7H2,(H2,12,13,14). The van der Waals surface area contributed by atoms with Crippen LogP contribution in [0.25, 0.3) is 0 Å². The van der Waals surface area contributed by atoms with Crippen LogP contribution in [0, 0.1) is 0 Å². The quantitative estimate of drug-likeness (QED) is 0.813. The van der Waals surface area contributed by atoms with E-state index >= 15 is 0 Å². The summed E-state index contributed by atoms with van der Waals surface area (Å²) in [6, 6.07) is 7.73. The highest BCUT2D eigenvalue weighted by atomic mass is 35.5. The summed E-state index contributed by atoms with van der Waals surface area (Å²) < 4.78 is 0. The summed E-state index contributed by atoms with van der Waals surface area (Å²) in [7, 11) is 0. The van der Waals surface area contributed by atoms with Crippen LogP contribution in [0.1, 0.15) is 5.56 Å². The molecule has 0 bridgehead atoms. The van der Waals surface area contributed by atoms with Crippen LogP contribution >= 0.6 is 11.6 Å². The van der Waals surface area contributed by atoms with Crippen molar-refractivity contribution in [3.63, 3.8) is 0 Å². The van der Waals surface area contributed by atoms with Crippen LogP contribution in [0.5, 0.6) is 0 Å². The maximum atomic E-state index is 5.85. The second-order valence-corrected chi connectivity index (χ2v) is 3.36. The number of halogens is 1. The molecule has 14 heavy (non-hydrogen) atoms. The molecular weight excluding hydrogens is 198 g/mol. The number of aromatic amines is 1. The van der Waals surface area contributed by atoms with Crippen LogP contribution in [0.4, 0.5) is 5.95 Å². The van der Waals surface area contributed by atoms with Crippen molar-refractivity contribution in [2.75, 3.05) is 5.32 Å². The predicted octanol–water partition coefficient (Wildman–Crippen LogP) is 2.68. The molecule has 1 aromatic carbocycles. The van der Waals surface area contributed by atoms with Crippen molar-refractivity contribution in [1.82, 2.24) is 9.97 Å². The number of H-pyrrole nitrogens is 1. The van der Waals surface area contributed by atoms with Gasteiger partial charge in [0.15, 0.2) is 5.95 Å². The Kier molecular flexibility index (Phi) is 2.70. The molecule has 0 atom stereocenters. The average Bonchev–Trinajstić information content (AvgIpc) is 2.67. The highest BCUT2D eigenvalue weighted by molar-refractivity contribution is 6.30. The molecule has 2 N–H and O–H groups in total. The number of rotatable bonds is 3. The summed E-state index contributed by atoms with van der Waals surface area (Å²) in [4.78, 5) is 7.02. The minimum Gasteiger partial charge on any atom is -0.352 e. The second-order valence-electron chi connectivity index (χ2n) is 2.92. The Balaban J connectivity index is 1.98. The number of anilines is 1. The molecular formula is C10H10ClN3. The molecule has 0 saturated carbocycles. The summed E-state index contributed by atoms with van der Waals surface area (Å²) in [5, 5.41) is 3.90. The number of nitrogens with zero attached hydrogens (tertiary/aromatic N) is 1. The van der Waals surface area contributed by atoms with Gasteiger partial charge in [0.1, 0.15) is 0 Å². The van der Waals surface area contributed by atoms with Gasteiger partial charge in [0.25, 0.3) is 0 Å². The molecule has 72 valence electrons. The van der Waals surface area contributed by atoms with E-state index in [9.17, 15) is 0 Å². The van der Waals surface area contributed by atoms with Gasteiger partial charge in [-0.1, -0.05) is 23.7 Å². The van der Waals surface area contributed by atoms with Gasteiger partial charge in [0, 0.05) is 24.0 Å². The first-order valence-corrected chi connectivity index (χ1v) is 4.70. The Morgan fingerprint density at radius 3 is 3.07 bits per heavy atom. The molecule has 2 aromatic rings. The minimum absolute atomic E-state index is 0.716. The van der Waals surface area contributed by atoms with Crippen molar-refractivity contribution < 1.29 is 0 Å². The number of imidazole rings is 1. The smallest absolute Gasteiger partial charge is 0.200 e. The lowest BCUT2D eigenvalue weighted by Gasteiger charge is -2.02. The third-order valence-corrected chi connectivity index (χ3v) is 2.08. The first-order chi connectivity index (χ1) is 6.84.